The molecule has 1 heterocycles. The third-order valence-corrected chi connectivity index (χ3v) is 2.46. The van der Waals surface area contributed by atoms with E-state index in [9.17, 15) is 18.4 Å². The number of aromatic amines is 1. The van der Waals surface area contributed by atoms with Gasteiger partial charge in [-0.05, 0) is 6.92 Å². The minimum atomic E-state index is -2.67. The molecule has 0 saturated heterocycles. The van der Waals surface area contributed by atoms with Crippen molar-refractivity contribution in [1.29, 1.82) is 0 Å². The average Bonchev–Trinajstić information content (AvgIpc) is 2.27. The molecule has 1 amide bonds. The van der Waals surface area contributed by atoms with Gasteiger partial charge in [-0.1, -0.05) is 0 Å². The predicted octanol–water partition coefficient (Wildman–Crippen LogP) is 1.63. The van der Waals surface area contributed by atoms with Crippen LogP contribution in [-0.2, 0) is 0 Å². The lowest BCUT2D eigenvalue weighted by molar-refractivity contribution is 0.0569. The van der Waals surface area contributed by atoms with Gasteiger partial charge in [0.2, 0.25) is 0 Å². The minimum Gasteiger partial charge on any atom is -0.364 e. The molecule has 1 aromatic heterocycles. The van der Waals surface area contributed by atoms with E-state index >= 15 is 0 Å². The van der Waals surface area contributed by atoms with Crippen LogP contribution in [0, 0.1) is 6.92 Å². The Morgan fingerprint density at radius 1 is 1.56 bits per heavy atom. The number of carbonyl (C=O) groups is 1. The highest BCUT2D eigenvalue weighted by Crippen LogP contribution is 2.04. The van der Waals surface area contributed by atoms with E-state index in [1.165, 1.54) is 12.3 Å². The topological polar surface area (TPSA) is 53.2 Å². The van der Waals surface area contributed by atoms with Crippen LogP contribution in [0.5, 0.6) is 0 Å². The molecule has 1 N–H and O–H groups in total. The lowest BCUT2D eigenvalue weighted by Gasteiger charge is -2.20. The average molecular weight is 279 g/mol. The number of hydrogen-bond acceptors (Lipinski definition) is 2. The van der Waals surface area contributed by atoms with Gasteiger partial charge in [0.05, 0.1) is 6.54 Å². The van der Waals surface area contributed by atoms with Crippen LogP contribution >= 0.6 is 11.6 Å². The lowest BCUT2D eigenvalue weighted by atomic mass is 10.2. The summed E-state index contributed by atoms with van der Waals surface area (Å²) in [5.41, 5.74) is -0.0641. The molecule has 1 aromatic rings. The number of aryl methyl sites for hydroxylation is 1. The zero-order valence-corrected chi connectivity index (χ0v) is 10.5. The normalized spacial score (nSPS) is 10.7. The highest BCUT2D eigenvalue weighted by molar-refractivity contribution is 6.18. The van der Waals surface area contributed by atoms with Crippen LogP contribution in [-0.4, -0.2) is 41.2 Å². The lowest BCUT2D eigenvalue weighted by Crippen LogP contribution is -2.38. The van der Waals surface area contributed by atoms with Gasteiger partial charge in [-0.25, -0.2) is 8.78 Å². The van der Waals surface area contributed by atoms with Crippen molar-refractivity contribution in [3.63, 3.8) is 0 Å². The van der Waals surface area contributed by atoms with Crippen LogP contribution in [0.2, 0.25) is 0 Å². The Morgan fingerprint density at radius 2 is 2.22 bits per heavy atom. The van der Waals surface area contributed by atoms with Gasteiger partial charge < -0.3 is 9.88 Å². The first-order valence-corrected chi connectivity index (χ1v) is 5.82. The molecule has 0 unspecified atom stereocenters. The molecule has 0 spiro atoms. The van der Waals surface area contributed by atoms with Crippen molar-refractivity contribution in [2.24, 2.45) is 0 Å². The number of alkyl halides is 3. The Bertz CT molecular complexity index is 476. The predicted molar refractivity (Wildman–Crippen MR) is 64.4 cm³/mol. The number of H-pyrrole nitrogens is 1. The summed E-state index contributed by atoms with van der Waals surface area (Å²) in [6, 6.07) is 1.24. The Labute approximate surface area is 108 Å². The number of halogens is 3. The van der Waals surface area contributed by atoms with Gasteiger partial charge in [0, 0.05) is 30.4 Å². The molecule has 100 valence electrons. The highest BCUT2D eigenvalue weighted by atomic mass is 35.5. The van der Waals surface area contributed by atoms with Gasteiger partial charge in [0.25, 0.3) is 12.3 Å². The van der Waals surface area contributed by atoms with Crippen molar-refractivity contribution in [1.82, 2.24) is 9.88 Å². The zero-order valence-electron chi connectivity index (χ0n) is 9.75. The van der Waals surface area contributed by atoms with Crippen LogP contribution < -0.4 is 5.43 Å². The highest BCUT2D eigenvalue weighted by Gasteiger charge is 2.21. The van der Waals surface area contributed by atoms with Crippen LogP contribution in [0.3, 0.4) is 0 Å². The first kappa shape index (κ1) is 14.6. The number of carbonyl (C=O) groups excluding carboxylic acids is 1. The summed E-state index contributed by atoms with van der Waals surface area (Å²) in [6.45, 7) is 0.891. The van der Waals surface area contributed by atoms with Gasteiger partial charge in [0.1, 0.15) is 5.56 Å². The maximum atomic E-state index is 12.3. The molecule has 0 aromatic carbocycles. The van der Waals surface area contributed by atoms with Gasteiger partial charge in [-0.2, -0.15) is 0 Å². The largest absolute Gasteiger partial charge is 0.364 e. The second-order valence-electron chi connectivity index (χ2n) is 3.73. The molecule has 0 atom stereocenters. The fourth-order valence-electron chi connectivity index (χ4n) is 1.46. The van der Waals surface area contributed by atoms with E-state index in [4.69, 9.17) is 11.6 Å². The first-order valence-electron chi connectivity index (χ1n) is 5.28. The molecular weight excluding hydrogens is 266 g/mol. The van der Waals surface area contributed by atoms with E-state index in [0.29, 0.717) is 5.69 Å². The standard InChI is InChI=1S/C11H13ClF2N2O2/c1-7-4-9(17)8(5-15-7)11(18)16(3-2-12)6-10(13)14/h4-5,10H,2-3,6H2,1H3,(H,15,17). The molecule has 0 aliphatic carbocycles. The number of amides is 1. The van der Waals surface area contributed by atoms with Crippen molar-refractivity contribution in [2.75, 3.05) is 19.0 Å². The quantitative estimate of drug-likeness (QED) is 0.833. The Balaban J connectivity index is 2.98. The molecule has 0 radical (unpaired) electrons. The number of aromatic nitrogens is 1. The molecular formula is C11H13ClF2N2O2. The number of hydrogen-bond donors (Lipinski definition) is 1. The third kappa shape index (κ3) is 3.80. The number of nitrogens with one attached hydrogen (secondary N) is 1. The monoisotopic (exact) mass is 278 g/mol. The zero-order chi connectivity index (χ0) is 13.7. The van der Waals surface area contributed by atoms with E-state index in [0.717, 1.165) is 4.90 Å². The van der Waals surface area contributed by atoms with Crippen molar-refractivity contribution in [3.8, 4) is 0 Å². The van der Waals surface area contributed by atoms with E-state index in [-0.39, 0.29) is 18.0 Å². The smallest absolute Gasteiger partial charge is 0.259 e. The van der Waals surface area contributed by atoms with Gasteiger partial charge in [0.15, 0.2) is 5.43 Å². The van der Waals surface area contributed by atoms with E-state index < -0.39 is 24.3 Å². The summed E-state index contributed by atoms with van der Waals surface area (Å²) < 4.78 is 24.7. The SMILES string of the molecule is Cc1cc(=O)c(C(=O)N(CCCl)CC(F)F)c[nH]1. The van der Waals surface area contributed by atoms with Gasteiger partial charge >= 0.3 is 0 Å². The summed E-state index contributed by atoms with van der Waals surface area (Å²) in [5, 5.41) is 0. The van der Waals surface area contributed by atoms with Crippen LogP contribution in [0.4, 0.5) is 8.78 Å². The van der Waals surface area contributed by atoms with E-state index in [1.807, 2.05) is 0 Å². The summed E-state index contributed by atoms with van der Waals surface area (Å²) in [5.74, 6) is -0.709. The van der Waals surface area contributed by atoms with Crippen molar-refractivity contribution in [3.05, 3.63) is 33.7 Å². The molecule has 18 heavy (non-hydrogen) atoms. The maximum Gasteiger partial charge on any atom is 0.259 e. The molecule has 0 aliphatic heterocycles. The fraction of sp³-hybridized carbons (Fsp3) is 0.455. The molecule has 1 rings (SSSR count). The van der Waals surface area contributed by atoms with E-state index in [1.54, 1.807) is 6.92 Å². The Hall–Kier alpha value is -1.43. The van der Waals surface area contributed by atoms with Crippen molar-refractivity contribution >= 4 is 17.5 Å². The van der Waals surface area contributed by atoms with Crippen LogP contribution in [0.25, 0.3) is 0 Å². The number of rotatable bonds is 5. The van der Waals surface area contributed by atoms with Crippen molar-refractivity contribution in [2.45, 2.75) is 13.3 Å². The molecule has 0 fully saturated rings. The molecule has 0 saturated carbocycles. The first-order chi connectivity index (χ1) is 8.45. The van der Waals surface area contributed by atoms with Gasteiger partial charge in [-0.15, -0.1) is 11.6 Å². The maximum absolute atomic E-state index is 12.3. The summed E-state index contributed by atoms with van der Waals surface area (Å²) in [4.78, 5) is 27.1. The Kier molecular flexibility index (Phi) is 5.27. The summed E-state index contributed by atoms with van der Waals surface area (Å²) >= 11 is 5.45. The van der Waals surface area contributed by atoms with E-state index in [2.05, 4.69) is 4.98 Å². The number of pyridine rings is 1. The van der Waals surface area contributed by atoms with Crippen LogP contribution in [0.1, 0.15) is 16.1 Å². The molecule has 0 bridgehead atoms. The summed E-state index contributed by atoms with van der Waals surface area (Å²) in [7, 11) is 0. The fourth-order valence-corrected chi connectivity index (χ4v) is 1.66. The summed E-state index contributed by atoms with van der Waals surface area (Å²) in [6.07, 6.45) is -1.44. The Morgan fingerprint density at radius 3 is 2.72 bits per heavy atom. The second-order valence-corrected chi connectivity index (χ2v) is 4.10. The van der Waals surface area contributed by atoms with Crippen molar-refractivity contribution < 1.29 is 13.6 Å². The third-order valence-electron chi connectivity index (χ3n) is 2.29. The van der Waals surface area contributed by atoms with Gasteiger partial charge in [-0.3, -0.25) is 9.59 Å². The second kappa shape index (κ2) is 6.49. The minimum absolute atomic E-state index is 0.0297. The molecule has 7 heteroatoms. The molecule has 0 aliphatic rings. The number of nitrogens with zero attached hydrogens (tertiary/aromatic N) is 1. The molecule has 4 nitrogen and oxygen atoms in total. The van der Waals surface area contributed by atoms with Crippen LogP contribution in [0.15, 0.2) is 17.1 Å².